The average Bonchev–Trinajstić information content (AvgIpc) is 2.87. The number of nitrogens with zero attached hydrogens (tertiary/aromatic N) is 1. The van der Waals surface area contributed by atoms with Gasteiger partial charge in [0.1, 0.15) is 0 Å². The monoisotopic (exact) mass is 292 g/mol. The first-order valence-corrected chi connectivity index (χ1v) is 7.05. The van der Waals surface area contributed by atoms with Crippen LogP contribution >= 0.6 is 11.6 Å². The van der Waals surface area contributed by atoms with Gasteiger partial charge in [0.25, 0.3) is 5.91 Å². The third kappa shape index (κ3) is 2.19. The normalized spacial score (nSPS) is 22.7. The minimum absolute atomic E-state index is 0.0474. The van der Waals surface area contributed by atoms with E-state index >= 15 is 0 Å². The maximum Gasteiger partial charge on any atom is 0.256 e. The van der Waals surface area contributed by atoms with Crippen molar-refractivity contribution in [2.45, 2.75) is 25.9 Å². The Morgan fingerprint density at radius 1 is 1.50 bits per heavy atom. The summed E-state index contributed by atoms with van der Waals surface area (Å²) in [7, 11) is 0. The number of carbonyl (C=O) groups is 1. The summed E-state index contributed by atoms with van der Waals surface area (Å²) >= 11 is 6.03. The number of aromatic nitrogens is 1. The molecule has 20 heavy (non-hydrogen) atoms. The molecule has 5 heteroatoms. The molecule has 0 aliphatic carbocycles. The van der Waals surface area contributed by atoms with Gasteiger partial charge in [-0.25, -0.2) is 0 Å². The Labute approximate surface area is 122 Å². The number of rotatable bonds is 1. The molecule has 1 aliphatic rings. The Morgan fingerprint density at radius 2 is 2.25 bits per heavy atom. The highest BCUT2D eigenvalue weighted by atomic mass is 35.5. The number of hydrogen-bond donors (Lipinski definition) is 2. The van der Waals surface area contributed by atoms with Gasteiger partial charge in [-0.3, -0.25) is 4.79 Å². The number of halogens is 1. The fourth-order valence-electron chi connectivity index (χ4n) is 2.85. The van der Waals surface area contributed by atoms with E-state index in [1.807, 2.05) is 19.1 Å². The number of aliphatic hydroxyl groups is 1. The van der Waals surface area contributed by atoms with E-state index in [2.05, 4.69) is 4.98 Å². The Morgan fingerprint density at radius 3 is 2.90 bits per heavy atom. The van der Waals surface area contributed by atoms with E-state index in [4.69, 9.17) is 11.6 Å². The van der Waals surface area contributed by atoms with Crippen molar-refractivity contribution >= 4 is 28.4 Å². The van der Waals surface area contributed by atoms with Crippen molar-refractivity contribution in [3.8, 4) is 0 Å². The molecule has 0 radical (unpaired) electrons. The molecule has 1 atom stereocenters. The third-order valence-electron chi connectivity index (χ3n) is 3.90. The summed E-state index contributed by atoms with van der Waals surface area (Å²) in [6, 6.07) is 5.48. The van der Waals surface area contributed by atoms with Gasteiger partial charge in [0.2, 0.25) is 0 Å². The van der Waals surface area contributed by atoms with Crippen LogP contribution < -0.4 is 0 Å². The molecule has 0 saturated carbocycles. The Bertz CT molecular complexity index is 690. The second-order valence-corrected chi connectivity index (χ2v) is 6.22. The van der Waals surface area contributed by atoms with E-state index in [1.165, 1.54) is 0 Å². The average molecular weight is 293 g/mol. The lowest BCUT2D eigenvalue weighted by molar-refractivity contribution is 0.0573. The molecular weight excluding hydrogens is 276 g/mol. The van der Waals surface area contributed by atoms with Crippen molar-refractivity contribution in [3.63, 3.8) is 0 Å². The third-order valence-corrected chi connectivity index (χ3v) is 4.14. The van der Waals surface area contributed by atoms with E-state index in [0.29, 0.717) is 30.1 Å². The summed E-state index contributed by atoms with van der Waals surface area (Å²) in [6.07, 6.45) is 0.612. The molecule has 2 N–H and O–H groups in total. The van der Waals surface area contributed by atoms with Gasteiger partial charge in [-0.1, -0.05) is 11.6 Å². The lowest BCUT2D eigenvalue weighted by Gasteiger charge is -2.19. The highest BCUT2D eigenvalue weighted by Crippen LogP contribution is 2.29. The van der Waals surface area contributed by atoms with E-state index in [9.17, 15) is 9.90 Å². The van der Waals surface area contributed by atoms with Gasteiger partial charge in [-0.15, -0.1) is 0 Å². The lowest BCUT2D eigenvalue weighted by atomic mass is 10.1. The first kappa shape index (κ1) is 13.5. The largest absolute Gasteiger partial charge is 0.388 e. The van der Waals surface area contributed by atoms with Gasteiger partial charge in [-0.05, 0) is 38.5 Å². The number of β-amino-alcohol motifs (C(OH)–C–C–N with tert-alkyl or cyclic N) is 1. The molecule has 1 aromatic heterocycles. The predicted molar refractivity (Wildman–Crippen MR) is 79.2 cm³/mol. The number of likely N-dealkylation sites (tertiary alicyclic amines) is 1. The first-order valence-electron chi connectivity index (χ1n) is 6.67. The Hall–Kier alpha value is -1.52. The van der Waals surface area contributed by atoms with Crippen LogP contribution in [0.5, 0.6) is 0 Å². The molecule has 0 spiro atoms. The van der Waals surface area contributed by atoms with Crippen molar-refractivity contribution in [3.05, 3.63) is 34.5 Å². The predicted octanol–water partition coefficient (Wildman–Crippen LogP) is 2.73. The van der Waals surface area contributed by atoms with Crippen molar-refractivity contribution in [2.75, 3.05) is 13.1 Å². The van der Waals surface area contributed by atoms with E-state index < -0.39 is 5.60 Å². The van der Waals surface area contributed by atoms with Crippen molar-refractivity contribution in [1.82, 2.24) is 9.88 Å². The molecule has 3 rings (SSSR count). The van der Waals surface area contributed by atoms with Crippen molar-refractivity contribution in [1.29, 1.82) is 0 Å². The van der Waals surface area contributed by atoms with E-state index in [0.717, 1.165) is 16.6 Å². The molecular formula is C15H17ClN2O2. The Balaban J connectivity index is 2.03. The summed E-state index contributed by atoms with van der Waals surface area (Å²) in [5.74, 6) is -0.0474. The van der Waals surface area contributed by atoms with Crippen LogP contribution in [0.1, 0.15) is 29.4 Å². The fourth-order valence-corrected chi connectivity index (χ4v) is 3.02. The second-order valence-electron chi connectivity index (χ2n) is 5.79. The van der Waals surface area contributed by atoms with Crippen LogP contribution in [0.15, 0.2) is 18.2 Å². The molecule has 1 saturated heterocycles. The fraction of sp³-hybridized carbons (Fsp3) is 0.400. The van der Waals surface area contributed by atoms with Crippen LogP contribution in [-0.2, 0) is 0 Å². The maximum atomic E-state index is 12.7. The second kappa shape index (κ2) is 4.50. The molecule has 106 valence electrons. The zero-order chi connectivity index (χ0) is 14.5. The number of H-pyrrole nitrogens is 1. The van der Waals surface area contributed by atoms with Gasteiger partial charge < -0.3 is 15.0 Å². The lowest BCUT2D eigenvalue weighted by Crippen LogP contribution is -2.34. The zero-order valence-corrected chi connectivity index (χ0v) is 12.3. The van der Waals surface area contributed by atoms with Crippen LogP contribution in [0.2, 0.25) is 5.02 Å². The summed E-state index contributed by atoms with van der Waals surface area (Å²) in [4.78, 5) is 17.6. The number of aryl methyl sites for hydroxylation is 1. The van der Waals surface area contributed by atoms with Crippen LogP contribution in [0.4, 0.5) is 0 Å². The summed E-state index contributed by atoms with van der Waals surface area (Å²) in [6.45, 7) is 4.60. The number of aromatic amines is 1. The number of nitrogens with one attached hydrogen (secondary N) is 1. The highest BCUT2D eigenvalue weighted by molar-refractivity contribution is 6.31. The van der Waals surface area contributed by atoms with E-state index in [-0.39, 0.29) is 5.91 Å². The van der Waals surface area contributed by atoms with Gasteiger partial charge in [0, 0.05) is 34.7 Å². The van der Waals surface area contributed by atoms with Crippen molar-refractivity contribution in [2.24, 2.45) is 0 Å². The highest BCUT2D eigenvalue weighted by Gasteiger charge is 2.35. The molecule has 2 aromatic rings. The van der Waals surface area contributed by atoms with Gasteiger partial charge >= 0.3 is 0 Å². The van der Waals surface area contributed by atoms with Crippen LogP contribution in [-0.4, -0.2) is 39.6 Å². The molecule has 1 amide bonds. The van der Waals surface area contributed by atoms with Crippen LogP contribution in [0, 0.1) is 6.92 Å². The minimum atomic E-state index is -0.784. The summed E-state index contributed by atoms with van der Waals surface area (Å²) in [5, 5.41) is 11.5. The van der Waals surface area contributed by atoms with Gasteiger partial charge in [0.15, 0.2) is 0 Å². The van der Waals surface area contributed by atoms with Gasteiger partial charge in [-0.2, -0.15) is 0 Å². The molecule has 2 heterocycles. The molecule has 1 aromatic carbocycles. The number of carbonyl (C=O) groups excluding carboxylic acids is 1. The number of amides is 1. The van der Waals surface area contributed by atoms with Crippen molar-refractivity contribution < 1.29 is 9.90 Å². The van der Waals surface area contributed by atoms with Gasteiger partial charge in [0.05, 0.1) is 11.2 Å². The van der Waals surface area contributed by atoms with Crippen LogP contribution in [0.3, 0.4) is 0 Å². The molecule has 1 fully saturated rings. The summed E-state index contributed by atoms with van der Waals surface area (Å²) in [5.41, 5.74) is 1.60. The summed E-state index contributed by atoms with van der Waals surface area (Å²) < 4.78 is 0. The minimum Gasteiger partial charge on any atom is -0.388 e. The number of benzene rings is 1. The SMILES string of the molecule is Cc1[nH]c2ccc(Cl)cc2c1C(=O)N1CCC(C)(O)C1. The van der Waals surface area contributed by atoms with E-state index in [1.54, 1.807) is 17.9 Å². The molecule has 0 bridgehead atoms. The first-order chi connectivity index (χ1) is 9.37. The number of fused-ring (bicyclic) bond motifs is 1. The standard InChI is InChI=1S/C15H17ClN2O2/c1-9-13(11-7-10(16)3-4-12(11)17-9)14(19)18-6-5-15(2,20)8-18/h3-4,7,17,20H,5-6,8H2,1-2H3. The molecule has 4 nitrogen and oxygen atoms in total. The molecule has 1 aliphatic heterocycles. The smallest absolute Gasteiger partial charge is 0.256 e. The maximum absolute atomic E-state index is 12.7. The zero-order valence-electron chi connectivity index (χ0n) is 11.5. The number of hydrogen-bond acceptors (Lipinski definition) is 2. The van der Waals surface area contributed by atoms with Crippen LogP contribution in [0.25, 0.3) is 10.9 Å². The Kier molecular flexibility index (Phi) is 3.03. The molecule has 1 unspecified atom stereocenters. The topological polar surface area (TPSA) is 56.3 Å². The quantitative estimate of drug-likeness (QED) is 0.849.